The lowest BCUT2D eigenvalue weighted by atomic mass is 10.1. The summed E-state index contributed by atoms with van der Waals surface area (Å²) in [7, 11) is 0. The van der Waals surface area contributed by atoms with Crippen LogP contribution in [0.3, 0.4) is 0 Å². The van der Waals surface area contributed by atoms with Gasteiger partial charge in [0, 0.05) is 45.6 Å². The molecule has 8 nitrogen and oxygen atoms in total. The maximum atomic E-state index is 13.5. The van der Waals surface area contributed by atoms with Crippen molar-refractivity contribution in [3.8, 4) is 5.75 Å². The lowest BCUT2D eigenvalue weighted by Crippen LogP contribution is -2.39. The Bertz CT molecular complexity index is 1610. The molecule has 10 heteroatoms. The minimum atomic E-state index is -0.580. The third-order valence-corrected chi connectivity index (χ3v) is 8.23. The molecule has 6 rings (SSSR count). The Morgan fingerprint density at radius 1 is 0.841 bits per heavy atom. The highest BCUT2D eigenvalue weighted by atomic mass is 35.5. The van der Waals surface area contributed by atoms with Crippen LogP contribution in [-0.4, -0.2) is 44.7 Å². The molecule has 0 radical (unpaired) electrons. The van der Waals surface area contributed by atoms with Crippen LogP contribution in [0.25, 0.3) is 0 Å². The number of hydrazone groups is 1. The highest BCUT2D eigenvalue weighted by molar-refractivity contribution is 6.42. The summed E-state index contributed by atoms with van der Waals surface area (Å²) in [6.07, 6.45) is -0.580. The molecule has 1 saturated heterocycles. The Morgan fingerprint density at radius 3 is 2.20 bits per heavy atom. The van der Waals surface area contributed by atoms with E-state index >= 15 is 0 Å². The van der Waals surface area contributed by atoms with Crippen molar-refractivity contribution >= 4 is 52.1 Å². The number of halogens is 2. The molecule has 0 amide bonds. The summed E-state index contributed by atoms with van der Waals surface area (Å²) in [5.41, 5.74) is 4.15. The van der Waals surface area contributed by atoms with E-state index in [0.717, 1.165) is 35.7 Å². The average molecular weight is 632 g/mol. The predicted molar refractivity (Wildman–Crippen MR) is 175 cm³/mol. The van der Waals surface area contributed by atoms with Crippen LogP contribution >= 0.6 is 23.2 Å². The SMILES string of the molecule is CCOC(=O)C1=NN(c2ccccc2)[C@@H](c2ccccc2OCc2c(Cl)cccc2Cl)N1c1ccc(N2CCOCC2)cc1. The quantitative estimate of drug-likeness (QED) is 0.180. The van der Waals surface area contributed by atoms with Gasteiger partial charge < -0.3 is 19.1 Å². The van der Waals surface area contributed by atoms with Gasteiger partial charge in [-0.25, -0.2) is 9.80 Å². The van der Waals surface area contributed by atoms with Crippen LogP contribution in [0.1, 0.15) is 24.2 Å². The fraction of sp³-hybridized carbons (Fsp3) is 0.235. The normalized spacial score (nSPS) is 16.6. The van der Waals surface area contributed by atoms with Gasteiger partial charge in [-0.15, -0.1) is 5.10 Å². The fourth-order valence-electron chi connectivity index (χ4n) is 5.37. The number of amidine groups is 1. The van der Waals surface area contributed by atoms with Gasteiger partial charge in [0.15, 0.2) is 6.17 Å². The fourth-order valence-corrected chi connectivity index (χ4v) is 5.88. The second-order valence-corrected chi connectivity index (χ2v) is 11.0. The Morgan fingerprint density at radius 2 is 1.50 bits per heavy atom. The van der Waals surface area contributed by atoms with Crippen LogP contribution in [0.5, 0.6) is 5.75 Å². The first kappa shape index (κ1) is 29.8. The molecular weight excluding hydrogens is 599 g/mol. The monoisotopic (exact) mass is 630 g/mol. The summed E-state index contributed by atoms with van der Waals surface area (Å²) >= 11 is 12.9. The van der Waals surface area contributed by atoms with Gasteiger partial charge in [0.25, 0.3) is 0 Å². The molecule has 1 atom stereocenters. The minimum Gasteiger partial charge on any atom is -0.488 e. The Kier molecular flexibility index (Phi) is 9.21. The van der Waals surface area contributed by atoms with Gasteiger partial charge in [0.05, 0.1) is 25.5 Å². The van der Waals surface area contributed by atoms with Crippen LogP contribution < -0.4 is 19.5 Å². The molecule has 2 heterocycles. The first-order chi connectivity index (χ1) is 21.5. The maximum absolute atomic E-state index is 13.5. The van der Waals surface area contributed by atoms with Gasteiger partial charge >= 0.3 is 5.97 Å². The molecule has 1 fully saturated rings. The van der Waals surface area contributed by atoms with Crippen LogP contribution in [0.4, 0.5) is 17.1 Å². The summed E-state index contributed by atoms with van der Waals surface area (Å²) < 4.78 is 17.4. The summed E-state index contributed by atoms with van der Waals surface area (Å²) in [4.78, 5) is 17.7. The molecule has 0 aliphatic carbocycles. The second kappa shape index (κ2) is 13.6. The zero-order chi connectivity index (χ0) is 30.5. The minimum absolute atomic E-state index is 0.160. The van der Waals surface area contributed by atoms with E-state index in [-0.39, 0.29) is 19.0 Å². The molecule has 0 bridgehead atoms. The van der Waals surface area contributed by atoms with Crippen LogP contribution in [0.2, 0.25) is 10.0 Å². The van der Waals surface area contributed by atoms with Crippen molar-refractivity contribution in [3.63, 3.8) is 0 Å². The van der Waals surface area contributed by atoms with Gasteiger partial charge in [0.1, 0.15) is 12.4 Å². The van der Waals surface area contributed by atoms with Crippen LogP contribution in [0.15, 0.2) is 102 Å². The van der Waals surface area contributed by atoms with E-state index in [2.05, 4.69) is 17.0 Å². The van der Waals surface area contributed by atoms with Crippen LogP contribution in [-0.2, 0) is 20.9 Å². The number of hydrogen-bond acceptors (Lipinski definition) is 8. The number of esters is 1. The number of carbonyl (C=O) groups excluding carboxylic acids is 1. The predicted octanol–water partition coefficient (Wildman–Crippen LogP) is 7.31. The van der Waals surface area contributed by atoms with Crippen molar-refractivity contribution in [3.05, 3.63) is 118 Å². The summed E-state index contributed by atoms with van der Waals surface area (Å²) in [5, 5.41) is 7.74. The molecule has 0 aromatic heterocycles. The first-order valence-electron chi connectivity index (χ1n) is 14.5. The zero-order valence-electron chi connectivity index (χ0n) is 24.2. The van der Waals surface area contributed by atoms with E-state index in [4.69, 9.17) is 42.5 Å². The highest BCUT2D eigenvalue weighted by Crippen LogP contribution is 2.43. The van der Waals surface area contributed by atoms with E-state index in [0.29, 0.717) is 34.6 Å². The zero-order valence-corrected chi connectivity index (χ0v) is 25.7. The summed E-state index contributed by atoms with van der Waals surface area (Å²) in [6.45, 7) is 5.19. The molecule has 0 saturated carbocycles. The smallest absolute Gasteiger partial charge is 0.376 e. The molecule has 4 aromatic rings. The summed E-state index contributed by atoms with van der Waals surface area (Å²) in [5.74, 6) is 0.253. The van der Waals surface area contributed by atoms with Gasteiger partial charge in [-0.1, -0.05) is 65.7 Å². The number of carbonyl (C=O) groups is 1. The molecule has 44 heavy (non-hydrogen) atoms. The Hall–Kier alpha value is -4.24. The number of rotatable bonds is 9. The molecule has 2 aliphatic heterocycles. The van der Waals surface area contributed by atoms with Gasteiger partial charge in [0.2, 0.25) is 5.84 Å². The third-order valence-electron chi connectivity index (χ3n) is 7.52. The Labute approximate surface area is 266 Å². The largest absolute Gasteiger partial charge is 0.488 e. The second-order valence-electron chi connectivity index (χ2n) is 10.2. The standard InChI is InChI=1S/C34H32Cl2N4O4/c1-2-43-34(41)32-37-40(26-9-4-3-5-10-26)33(39(32)25-17-15-24(16-18-25)38-19-21-42-22-20-38)27-11-6-7-14-31(27)44-23-28-29(35)12-8-13-30(28)36/h3-18,33H,2,19-23H2,1H3/t33-/m0/s1. The maximum Gasteiger partial charge on any atom is 0.376 e. The van der Waals surface area contributed by atoms with E-state index in [1.54, 1.807) is 25.1 Å². The number of hydrogen-bond donors (Lipinski definition) is 0. The van der Waals surface area contributed by atoms with Crippen molar-refractivity contribution in [1.82, 2.24) is 0 Å². The first-order valence-corrected chi connectivity index (χ1v) is 15.3. The number of nitrogens with zero attached hydrogens (tertiary/aromatic N) is 4. The van der Waals surface area contributed by atoms with Gasteiger partial charge in [-0.05, 0) is 61.5 Å². The van der Waals surface area contributed by atoms with Gasteiger partial charge in [-0.2, -0.15) is 0 Å². The molecule has 0 N–H and O–H groups in total. The lowest BCUT2D eigenvalue weighted by molar-refractivity contribution is -0.135. The van der Waals surface area contributed by atoms with E-state index in [1.807, 2.05) is 76.6 Å². The van der Waals surface area contributed by atoms with Crippen LogP contribution in [0, 0.1) is 0 Å². The van der Waals surface area contributed by atoms with E-state index in [1.165, 1.54) is 0 Å². The van der Waals surface area contributed by atoms with Crippen molar-refractivity contribution < 1.29 is 19.0 Å². The molecule has 226 valence electrons. The number of ether oxygens (including phenoxy) is 3. The molecule has 4 aromatic carbocycles. The number of anilines is 3. The highest BCUT2D eigenvalue weighted by Gasteiger charge is 2.42. The number of morpholine rings is 1. The van der Waals surface area contributed by atoms with Crippen molar-refractivity contribution in [1.29, 1.82) is 0 Å². The van der Waals surface area contributed by atoms with Crippen molar-refractivity contribution in [2.75, 3.05) is 47.7 Å². The Balaban J connectivity index is 1.43. The lowest BCUT2D eigenvalue weighted by Gasteiger charge is -2.33. The van der Waals surface area contributed by atoms with E-state index < -0.39 is 12.1 Å². The van der Waals surface area contributed by atoms with Crippen molar-refractivity contribution in [2.24, 2.45) is 5.10 Å². The topological polar surface area (TPSA) is 66.8 Å². The number of para-hydroxylation sites is 2. The van der Waals surface area contributed by atoms with Crippen molar-refractivity contribution in [2.45, 2.75) is 19.7 Å². The molecular formula is C34H32Cl2N4O4. The van der Waals surface area contributed by atoms with E-state index in [9.17, 15) is 4.79 Å². The molecule has 0 unspecified atom stereocenters. The molecule has 2 aliphatic rings. The van der Waals surface area contributed by atoms with Gasteiger partial charge in [-0.3, -0.25) is 4.90 Å². The summed E-state index contributed by atoms with van der Waals surface area (Å²) in [6, 6.07) is 31.0. The molecule has 0 spiro atoms. The number of benzene rings is 4. The third kappa shape index (κ3) is 6.19. The average Bonchev–Trinajstić information content (AvgIpc) is 3.46.